The monoisotopic (exact) mass is 281 g/mol. The molecule has 1 saturated carbocycles. The number of amides is 1. The van der Waals surface area contributed by atoms with Crippen LogP contribution in [0.1, 0.15) is 51.4 Å². The van der Waals surface area contributed by atoms with Crippen LogP contribution in [0.5, 0.6) is 0 Å². The molecule has 1 amide bonds. The normalized spacial score (nSPS) is 23.1. The third-order valence-corrected chi connectivity index (χ3v) is 4.63. The molecular weight excluding hydrogens is 250 g/mol. The summed E-state index contributed by atoms with van der Waals surface area (Å²) in [6.45, 7) is 2.40. The van der Waals surface area contributed by atoms with Crippen LogP contribution < -0.4 is 5.32 Å². The maximum absolute atomic E-state index is 12.0. The summed E-state index contributed by atoms with van der Waals surface area (Å²) in [4.78, 5) is 16.0. The highest BCUT2D eigenvalue weighted by Crippen LogP contribution is 2.19. The van der Waals surface area contributed by atoms with Gasteiger partial charge in [-0.1, -0.05) is 25.7 Å². The van der Waals surface area contributed by atoms with E-state index in [2.05, 4.69) is 5.32 Å². The van der Waals surface area contributed by atoms with Crippen molar-refractivity contribution in [1.82, 2.24) is 15.1 Å². The number of hydrogen-bond acceptors (Lipinski definition) is 3. The number of nitrogens with zero attached hydrogens (tertiary/aromatic N) is 2. The van der Waals surface area contributed by atoms with E-state index < -0.39 is 0 Å². The molecule has 4 heteroatoms. The molecule has 1 N–H and O–H groups in total. The molecule has 4 nitrogen and oxygen atoms in total. The van der Waals surface area contributed by atoms with Crippen molar-refractivity contribution in [1.29, 1.82) is 0 Å². The summed E-state index contributed by atoms with van der Waals surface area (Å²) >= 11 is 0. The van der Waals surface area contributed by atoms with Gasteiger partial charge in [-0.25, -0.2) is 0 Å². The Bertz CT molecular complexity index is 290. The lowest BCUT2D eigenvalue weighted by molar-refractivity contribution is -0.132. The third kappa shape index (κ3) is 5.06. The number of carbonyl (C=O) groups excluding carboxylic acids is 1. The lowest BCUT2D eigenvalue weighted by Gasteiger charge is -2.35. The van der Waals surface area contributed by atoms with Crippen molar-refractivity contribution in [3.8, 4) is 0 Å². The lowest BCUT2D eigenvalue weighted by atomic mass is 10.0. The highest BCUT2D eigenvalue weighted by Gasteiger charge is 2.24. The molecule has 1 heterocycles. The molecule has 1 saturated heterocycles. The molecule has 0 spiro atoms. The summed E-state index contributed by atoms with van der Waals surface area (Å²) in [5.74, 6) is 0.280. The molecule has 0 bridgehead atoms. The van der Waals surface area contributed by atoms with Crippen molar-refractivity contribution in [3.05, 3.63) is 0 Å². The van der Waals surface area contributed by atoms with Gasteiger partial charge >= 0.3 is 0 Å². The number of rotatable bonds is 4. The van der Waals surface area contributed by atoms with Gasteiger partial charge in [-0.3, -0.25) is 4.79 Å². The van der Waals surface area contributed by atoms with E-state index in [0.29, 0.717) is 12.6 Å². The zero-order valence-electron chi connectivity index (χ0n) is 13.2. The van der Waals surface area contributed by atoms with Gasteiger partial charge in [0.2, 0.25) is 5.91 Å². The Kier molecular flexibility index (Phi) is 6.30. The van der Waals surface area contributed by atoms with E-state index in [1.807, 2.05) is 23.9 Å². The first-order chi connectivity index (χ1) is 9.65. The molecule has 0 aromatic carbocycles. The quantitative estimate of drug-likeness (QED) is 0.799. The fourth-order valence-electron chi connectivity index (χ4n) is 3.45. The zero-order valence-corrected chi connectivity index (χ0v) is 13.2. The molecule has 1 aliphatic heterocycles. The van der Waals surface area contributed by atoms with Gasteiger partial charge in [0, 0.05) is 25.2 Å². The first-order valence-corrected chi connectivity index (χ1v) is 8.33. The van der Waals surface area contributed by atoms with Gasteiger partial charge in [0.15, 0.2) is 0 Å². The molecule has 116 valence electrons. The Hall–Kier alpha value is -0.610. The smallest absolute Gasteiger partial charge is 0.236 e. The van der Waals surface area contributed by atoms with Crippen LogP contribution >= 0.6 is 0 Å². The van der Waals surface area contributed by atoms with Crippen molar-refractivity contribution < 1.29 is 4.79 Å². The summed E-state index contributed by atoms with van der Waals surface area (Å²) in [5, 5.41) is 3.85. The highest BCUT2D eigenvalue weighted by atomic mass is 16.2. The predicted octanol–water partition coefficient (Wildman–Crippen LogP) is 1.85. The molecule has 0 unspecified atom stereocenters. The average Bonchev–Trinajstić information content (AvgIpc) is 2.67. The van der Waals surface area contributed by atoms with Gasteiger partial charge in [-0.05, 0) is 39.8 Å². The minimum atomic E-state index is 0.280. The van der Waals surface area contributed by atoms with Gasteiger partial charge in [0.25, 0.3) is 0 Å². The second-order valence-electron chi connectivity index (χ2n) is 6.75. The molecule has 20 heavy (non-hydrogen) atoms. The Morgan fingerprint density at radius 2 is 1.55 bits per heavy atom. The molecule has 0 aromatic heterocycles. The second-order valence-corrected chi connectivity index (χ2v) is 6.75. The summed E-state index contributed by atoms with van der Waals surface area (Å²) in [5.41, 5.74) is 0. The molecule has 1 aliphatic carbocycles. The topological polar surface area (TPSA) is 35.6 Å². The van der Waals surface area contributed by atoms with E-state index in [1.165, 1.54) is 38.5 Å². The van der Waals surface area contributed by atoms with Gasteiger partial charge in [-0.15, -0.1) is 0 Å². The van der Waals surface area contributed by atoms with E-state index in [4.69, 9.17) is 0 Å². The van der Waals surface area contributed by atoms with E-state index in [9.17, 15) is 4.79 Å². The summed E-state index contributed by atoms with van der Waals surface area (Å²) in [7, 11) is 3.91. The number of piperidine rings is 1. The van der Waals surface area contributed by atoms with E-state index in [0.717, 1.165) is 32.0 Å². The van der Waals surface area contributed by atoms with Crippen LogP contribution in [0.4, 0.5) is 0 Å². The Morgan fingerprint density at radius 1 is 1.00 bits per heavy atom. The first kappa shape index (κ1) is 15.8. The Balaban J connectivity index is 1.69. The van der Waals surface area contributed by atoms with Gasteiger partial charge < -0.3 is 15.1 Å². The summed E-state index contributed by atoms with van der Waals surface area (Å²) < 4.78 is 0. The predicted molar refractivity (Wildman–Crippen MR) is 82.8 cm³/mol. The summed E-state index contributed by atoms with van der Waals surface area (Å²) in [6.07, 6.45) is 10.5. The Morgan fingerprint density at radius 3 is 2.10 bits per heavy atom. The molecule has 2 rings (SSSR count). The average molecular weight is 281 g/mol. The zero-order chi connectivity index (χ0) is 14.4. The number of likely N-dealkylation sites (N-methyl/N-ethyl adjacent to an activating group) is 1. The van der Waals surface area contributed by atoms with Crippen LogP contribution in [-0.4, -0.2) is 61.5 Å². The van der Waals surface area contributed by atoms with Crippen molar-refractivity contribution in [3.63, 3.8) is 0 Å². The van der Waals surface area contributed by atoms with Crippen LogP contribution in [-0.2, 0) is 4.79 Å². The molecular formula is C16H31N3O. The first-order valence-electron chi connectivity index (χ1n) is 8.33. The Labute approximate surface area is 123 Å². The maximum Gasteiger partial charge on any atom is 0.236 e. The van der Waals surface area contributed by atoms with Gasteiger partial charge in [-0.2, -0.15) is 0 Å². The van der Waals surface area contributed by atoms with Crippen LogP contribution in [0.25, 0.3) is 0 Å². The number of hydrogen-bond donors (Lipinski definition) is 1. The molecule has 2 aliphatic rings. The number of likely N-dealkylation sites (tertiary alicyclic amines) is 1. The van der Waals surface area contributed by atoms with Gasteiger partial charge in [0.05, 0.1) is 6.54 Å². The standard InChI is InChI=1S/C16H31N3O/c1-18(2)13-16(20)19-11-9-15(10-12-19)17-14-7-5-3-4-6-8-14/h14-15,17H,3-13H2,1-2H3. The van der Waals surface area contributed by atoms with Crippen LogP contribution in [0.3, 0.4) is 0 Å². The second kappa shape index (κ2) is 7.99. The maximum atomic E-state index is 12.0. The largest absolute Gasteiger partial charge is 0.341 e. The highest BCUT2D eigenvalue weighted by molar-refractivity contribution is 5.78. The molecule has 2 fully saturated rings. The molecule has 0 aromatic rings. The minimum Gasteiger partial charge on any atom is -0.341 e. The number of nitrogens with one attached hydrogen (secondary N) is 1. The fourth-order valence-corrected chi connectivity index (χ4v) is 3.45. The fraction of sp³-hybridized carbons (Fsp3) is 0.938. The molecule has 0 radical (unpaired) electrons. The lowest BCUT2D eigenvalue weighted by Crippen LogP contribution is -2.49. The van der Waals surface area contributed by atoms with E-state index >= 15 is 0 Å². The van der Waals surface area contributed by atoms with Crippen molar-refractivity contribution in [2.75, 3.05) is 33.7 Å². The van der Waals surface area contributed by atoms with Crippen molar-refractivity contribution in [2.45, 2.75) is 63.5 Å². The van der Waals surface area contributed by atoms with E-state index in [-0.39, 0.29) is 5.91 Å². The van der Waals surface area contributed by atoms with Crippen LogP contribution in [0, 0.1) is 0 Å². The summed E-state index contributed by atoms with van der Waals surface area (Å²) in [6, 6.07) is 1.35. The van der Waals surface area contributed by atoms with Crippen molar-refractivity contribution >= 4 is 5.91 Å². The minimum absolute atomic E-state index is 0.280. The number of carbonyl (C=O) groups is 1. The van der Waals surface area contributed by atoms with Gasteiger partial charge in [0.1, 0.15) is 0 Å². The van der Waals surface area contributed by atoms with Crippen LogP contribution in [0.15, 0.2) is 0 Å². The van der Waals surface area contributed by atoms with Crippen LogP contribution in [0.2, 0.25) is 0 Å². The third-order valence-electron chi connectivity index (χ3n) is 4.63. The van der Waals surface area contributed by atoms with Crippen molar-refractivity contribution in [2.24, 2.45) is 0 Å². The SMILES string of the molecule is CN(C)CC(=O)N1CCC(NC2CCCCCC2)CC1. The van der Waals surface area contributed by atoms with E-state index in [1.54, 1.807) is 0 Å². The molecule has 0 atom stereocenters.